The molecule has 0 bridgehead atoms. The van der Waals surface area contributed by atoms with Crippen molar-refractivity contribution < 1.29 is 41.2 Å². The first-order chi connectivity index (χ1) is 29.7. The molecule has 0 fully saturated rings. The van der Waals surface area contributed by atoms with Crippen molar-refractivity contribution >= 4 is 66.1 Å². The molecule has 0 aliphatic rings. The Balaban J connectivity index is 0.000000742. The lowest BCUT2D eigenvalue weighted by Gasteiger charge is -2.09. The Morgan fingerprint density at radius 1 is 0.548 bits per heavy atom. The second-order valence-electron chi connectivity index (χ2n) is 10.4. The number of ether oxygens (including phenoxy) is 5. The SMILES string of the molecule is CC#N.N#CCOc1cc(C(F)(F)F)ccc1F.N#CCOc1ccc(Br)cc1.N#CCOc1cccc(Br)c1.N#CCOc1cccc(I)c1.N#CCOc1ccccc1Cl. The van der Waals surface area contributed by atoms with Crippen LogP contribution in [0.15, 0.2) is 124 Å². The molecule has 0 aliphatic carbocycles. The second kappa shape index (κ2) is 34.5. The molecule has 0 N–H and O–H groups in total. The number of alkyl halides is 3. The lowest BCUT2D eigenvalue weighted by Crippen LogP contribution is -2.06. The molecular weight excluding hydrogens is 1080 g/mol. The maximum Gasteiger partial charge on any atom is 0.416 e. The maximum absolute atomic E-state index is 12.9. The Morgan fingerprint density at radius 2 is 1.02 bits per heavy atom. The third kappa shape index (κ3) is 27.5. The summed E-state index contributed by atoms with van der Waals surface area (Å²) in [4.78, 5) is 0. The molecule has 0 unspecified atom stereocenters. The molecule has 19 heteroatoms. The van der Waals surface area contributed by atoms with Crippen molar-refractivity contribution in [2.24, 2.45) is 0 Å². The quantitative estimate of drug-likeness (QED) is 0.0955. The van der Waals surface area contributed by atoms with E-state index in [4.69, 9.17) is 62.1 Å². The van der Waals surface area contributed by atoms with Crippen LogP contribution in [0, 0.1) is 77.4 Å². The van der Waals surface area contributed by atoms with Gasteiger partial charge in [-0.25, -0.2) is 4.39 Å². The van der Waals surface area contributed by atoms with Gasteiger partial charge in [-0.1, -0.05) is 67.7 Å². The van der Waals surface area contributed by atoms with E-state index in [1.807, 2.05) is 91.0 Å². The molecule has 0 aromatic heterocycles. The fraction of sp³-hybridized carbons (Fsp3) is 0.163. The van der Waals surface area contributed by atoms with Gasteiger partial charge in [0.15, 0.2) is 44.6 Å². The van der Waals surface area contributed by atoms with Gasteiger partial charge in [0.05, 0.1) is 16.7 Å². The molecular formula is C43H32Br2ClF4IN6O5. The summed E-state index contributed by atoms with van der Waals surface area (Å²) in [6.45, 7) is 1.26. The van der Waals surface area contributed by atoms with Crippen molar-refractivity contribution in [1.82, 2.24) is 0 Å². The van der Waals surface area contributed by atoms with E-state index in [1.54, 1.807) is 36.4 Å². The molecule has 0 atom stereocenters. The molecule has 0 amide bonds. The lowest BCUT2D eigenvalue weighted by atomic mass is 10.2. The molecule has 5 aromatic carbocycles. The standard InChI is InChI=1S/C9H5F4NO.2C8H6BrNO.C8H6ClNO.C8H6INO.C2H3N/c10-7-2-1-6(9(11,12)13)5-8(7)15-4-3-14;9-7-1-3-8(4-2-7)11-6-5-10;9-7-2-1-3-8(6-7)11-5-4-10;9-7-3-1-2-4-8(7)11-6-5-10;9-7-2-1-3-8(6-7)11-5-4-10;1-2-3/h1-2,5H,4H2;1-4H,6H2;1-3,6H,5H2;1-4H,6H2;1-3,6H,5H2;1H3. The van der Waals surface area contributed by atoms with Crippen molar-refractivity contribution in [3.63, 3.8) is 0 Å². The van der Waals surface area contributed by atoms with Crippen LogP contribution in [0.2, 0.25) is 5.02 Å². The summed E-state index contributed by atoms with van der Waals surface area (Å²) >= 11 is 14.5. The zero-order valence-electron chi connectivity index (χ0n) is 32.3. The van der Waals surface area contributed by atoms with Crippen LogP contribution in [0.3, 0.4) is 0 Å². The van der Waals surface area contributed by atoms with E-state index in [2.05, 4.69) is 59.2 Å². The van der Waals surface area contributed by atoms with Gasteiger partial charge in [-0.15, -0.1) is 0 Å². The second-order valence-corrected chi connectivity index (χ2v) is 13.9. The van der Waals surface area contributed by atoms with Gasteiger partial charge < -0.3 is 23.7 Å². The number of hydrogen-bond acceptors (Lipinski definition) is 11. The fourth-order valence-corrected chi connectivity index (χ4v) is 4.91. The van der Waals surface area contributed by atoms with Gasteiger partial charge in [-0.2, -0.15) is 44.7 Å². The van der Waals surface area contributed by atoms with E-state index in [0.29, 0.717) is 34.7 Å². The number of nitriles is 6. The predicted molar refractivity (Wildman–Crippen MR) is 237 cm³/mol. The first-order valence-corrected chi connectivity index (χ1v) is 19.9. The van der Waals surface area contributed by atoms with E-state index in [1.165, 1.54) is 13.0 Å². The number of halogens is 8. The van der Waals surface area contributed by atoms with Gasteiger partial charge >= 0.3 is 6.18 Å². The number of para-hydroxylation sites is 1. The maximum atomic E-state index is 12.9. The summed E-state index contributed by atoms with van der Waals surface area (Å²) < 4.78 is 77.1. The van der Waals surface area contributed by atoms with Crippen molar-refractivity contribution in [3.05, 3.63) is 144 Å². The monoisotopic (exact) mass is 1110 g/mol. The van der Waals surface area contributed by atoms with Crippen LogP contribution in [0.5, 0.6) is 28.7 Å². The summed E-state index contributed by atoms with van der Waals surface area (Å²) in [6.07, 6.45) is -4.56. The van der Waals surface area contributed by atoms with E-state index in [0.717, 1.165) is 24.0 Å². The highest BCUT2D eigenvalue weighted by Crippen LogP contribution is 2.32. The van der Waals surface area contributed by atoms with Gasteiger partial charge in [0.1, 0.15) is 53.3 Å². The summed E-state index contributed by atoms with van der Waals surface area (Å²) in [5.41, 5.74) is -1.02. The molecule has 0 saturated carbocycles. The summed E-state index contributed by atoms with van der Waals surface area (Å²) in [7, 11) is 0. The summed E-state index contributed by atoms with van der Waals surface area (Å²) in [6, 6.07) is 42.0. The number of hydrogen-bond donors (Lipinski definition) is 0. The molecule has 62 heavy (non-hydrogen) atoms. The van der Waals surface area contributed by atoms with Crippen LogP contribution in [0.4, 0.5) is 17.6 Å². The van der Waals surface area contributed by atoms with Crippen LogP contribution in [-0.2, 0) is 6.18 Å². The Morgan fingerprint density at radius 3 is 1.50 bits per heavy atom. The normalized spacial score (nSPS) is 8.95. The van der Waals surface area contributed by atoms with Crippen LogP contribution in [0.1, 0.15) is 12.5 Å². The number of benzene rings is 5. The van der Waals surface area contributed by atoms with Crippen LogP contribution >= 0.6 is 66.1 Å². The highest BCUT2D eigenvalue weighted by atomic mass is 127. The molecule has 11 nitrogen and oxygen atoms in total. The zero-order chi connectivity index (χ0) is 46.6. The summed E-state index contributed by atoms with van der Waals surface area (Å²) in [5.74, 6) is 1.22. The minimum absolute atomic E-state index is 0.0315. The fourth-order valence-electron chi connectivity index (χ4n) is 3.56. The smallest absolute Gasteiger partial charge is 0.416 e. The Bertz CT molecular complexity index is 2280. The minimum atomic E-state index is -4.56. The third-order valence-electron chi connectivity index (χ3n) is 6.00. The molecule has 320 valence electrons. The Hall–Kier alpha value is -6.26. The molecule has 0 aliphatic heterocycles. The van der Waals surface area contributed by atoms with E-state index in [-0.39, 0.29) is 26.4 Å². The Labute approximate surface area is 391 Å². The van der Waals surface area contributed by atoms with E-state index < -0.39 is 29.9 Å². The van der Waals surface area contributed by atoms with Crippen molar-refractivity contribution in [2.75, 3.05) is 33.0 Å². The molecule has 0 radical (unpaired) electrons. The van der Waals surface area contributed by atoms with Gasteiger partial charge in [0.2, 0.25) is 0 Å². The number of nitrogens with zero attached hydrogens (tertiary/aromatic N) is 6. The first kappa shape index (κ1) is 55.7. The topological polar surface area (TPSA) is 189 Å². The third-order valence-corrected chi connectivity index (χ3v) is 8.00. The lowest BCUT2D eigenvalue weighted by molar-refractivity contribution is -0.137. The summed E-state index contributed by atoms with van der Waals surface area (Å²) in [5, 5.41) is 48.8. The van der Waals surface area contributed by atoms with Crippen molar-refractivity contribution in [3.8, 4) is 65.2 Å². The van der Waals surface area contributed by atoms with Gasteiger partial charge in [0, 0.05) is 19.4 Å². The first-order valence-electron chi connectivity index (χ1n) is 16.9. The Kier molecular flexibility index (Phi) is 31.0. The predicted octanol–water partition coefficient (Wildman–Crippen LogP) is 12.4. The van der Waals surface area contributed by atoms with Crippen molar-refractivity contribution in [1.29, 1.82) is 31.6 Å². The van der Waals surface area contributed by atoms with E-state index >= 15 is 0 Å². The average molecular weight is 1110 g/mol. The minimum Gasteiger partial charge on any atom is -0.479 e. The molecule has 0 spiro atoms. The zero-order valence-corrected chi connectivity index (χ0v) is 38.3. The molecule has 5 aromatic rings. The largest absolute Gasteiger partial charge is 0.479 e. The molecule has 0 saturated heterocycles. The molecule has 5 rings (SSSR count). The van der Waals surface area contributed by atoms with Crippen molar-refractivity contribution in [2.45, 2.75) is 13.1 Å². The highest BCUT2D eigenvalue weighted by molar-refractivity contribution is 14.1. The van der Waals surface area contributed by atoms with Gasteiger partial charge in [-0.3, -0.25) is 0 Å². The van der Waals surface area contributed by atoms with Crippen LogP contribution in [-0.4, -0.2) is 33.0 Å². The van der Waals surface area contributed by atoms with Crippen LogP contribution in [0.25, 0.3) is 0 Å². The van der Waals surface area contributed by atoms with Crippen LogP contribution < -0.4 is 23.7 Å². The average Bonchev–Trinajstić information content (AvgIpc) is 3.25. The van der Waals surface area contributed by atoms with Gasteiger partial charge in [-0.05, 0) is 114 Å². The van der Waals surface area contributed by atoms with E-state index in [9.17, 15) is 17.6 Å². The van der Waals surface area contributed by atoms with Gasteiger partial charge in [0.25, 0.3) is 0 Å². The molecule has 0 heterocycles. The highest BCUT2D eigenvalue weighted by Gasteiger charge is 2.31. The number of rotatable bonds is 10.